The normalized spacial score (nSPS) is 20.7. The molecule has 1 amide bonds. The van der Waals surface area contributed by atoms with Crippen LogP contribution in [0.4, 0.5) is 0 Å². The summed E-state index contributed by atoms with van der Waals surface area (Å²) < 4.78 is 7.94. The maximum Gasteiger partial charge on any atom is 0.226 e. The second kappa shape index (κ2) is 5.72. The van der Waals surface area contributed by atoms with Gasteiger partial charge in [0.2, 0.25) is 5.91 Å². The van der Waals surface area contributed by atoms with E-state index in [0.29, 0.717) is 13.1 Å². The molecular formula is C18H21N3O2. The van der Waals surface area contributed by atoms with Crippen molar-refractivity contribution in [2.75, 3.05) is 13.1 Å². The Hall–Kier alpha value is -2.30. The van der Waals surface area contributed by atoms with E-state index in [1.165, 1.54) is 11.3 Å². The lowest BCUT2D eigenvalue weighted by Crippen LogP contribution is -2.58. The molecule has 120 valence electrons. The number of carbonyl (C=O) groups excluding carboxylic acids is 1. The van der Waals surface area contributed by atoms with Crippen molar-refractivity contribution in [3.63, 3.8) is 0 Å². The van der Waals surface area contributed by atoms with Crippen LogP contribution in [0.5, 0.6) is 5.75 Å². The molecule has 0 aliphatic carbocycles. The van der Waals surface area contributed by atoms with Crippen molar-refractivity contribution in [3.8, 4) is 5.75 Å². The molecule has 1 aromatic heterocycles. The fourth-order valence-corrected chi connectivity index (χ4v) is 3.41. The van der Waals surface area contributed by atoms with E-state index in [-0.39, 0.29) is 17.9 Å². The Morgan fingerprint density at radius 2 is 2.17 bits per heavy atom. The molecule has 4 rings (SSSR count). The molecule has 0 N–H and O–H groups in total. The number of amides is 1. The van der Waals surface area contributed by atoms with Gasteiger partial charge in [0.1, 0.15) is 11.9 Å². The molecule has 1 aromatic carbocycles. The summed E-state index contributed by atoms with van der Waals surface area (Å²) in [5.41, 5.74) is 2.36. The van der Waals surface area contributed by atoms with Crippen LogP contribution in [0.1, 0.15) is 17.7 Å². The van der Waals surface area contributed by atoms with Gasteiger partial charge < -0.3 is 9.64 Å². The number of hydrogen-bond donors (Lipinski definition) is 0. The third-order valence-electron chi connectivity index (χ3n) is 4.75. The Balaban J connectivity index is 1.31. The Morgan fingerprint density at radius 1 is 1.30 bits per heavy atom. The first-order valence-electron chi connectivity index (χ1n) is 8.22. The predicted molar refractivity (Wildman–Crippen MR) is 86.2 cm³/mol. The van der Waals surface area contributed by atoms with E-state index >= 15 is 0 Å². The Labute approximate surface area is 135 Å². The lowest BCUT2D eigenvalue weighted by atomic mass is 9.93. The number of nitrogens with zero attached hydrogens (tertiary/aromatic N) is 3. The Kier molecular flexibility index (Phi) is 3.56. The molecule has 5 heteroatoms. The van der Waals surface area contributed by atoms with Crippen LogP contribution in [0.25, 0.3) is 0 Å². The lowest BCUT2D eigenvalue weighted by Gasteiger charge is -2.41. The van der Waals surface area contributed by atoms with Gasteiger partial charge in [-0.05, 0) is 37.1 Å². The van der Waals surface area contributed by atoms with Crippen molar-refractivity contribution in [1.29, 1.82) is 0 Å². The minimum Gasteiger partial charge on any atom is -0.487 e. The van der Waals surface area contributed by atoms with E-state index in [2.05, 4.69) is 18.1 Å². The van der Waals surface area contributed by atoms with Gasteiger partial charge in [-0.3, -0.25) is 9.48 Å². The molecule has 0 bridgehead atoms. The molecule has 1 atom stereocenters. The minimum atomic E-state index is 0.0964. The monoisotopic (exact) mass is 311 g/mol. The van der Waals surface area contributed by atoms with Crippen LogP contribution in [-0.2, 0) is 17.8 Å². The van der Waals surface area contributed by atoms with Gasteiger partial charge in [-0.25, -0.2) is 0 Å². The van der Waals surface area contributed by atoms with Crippen molar-refractivity contribution in [2.45, 2.75) is 32.4 Å². The Morgan fingerprint density at radius 3 is 3.00 bits per heavy atom. The largest absolute Gasteiger partial charge is 0.487 e. The molecule has 1 saturated heterocycles. The third-order valence-corrected chi connectivity index (χ3v) is 4.75. The zero-order valence-electron chi connectivity index (χ0n) is 13.3. The molecule has 1 fully saturated rings. The summed E-state index contributed by atoms with van der Waals surface area (Å²) in [4.78, 5) is 14.5. The van der Waals surface area contributed by atoms with Gasteiger partial charge in [0.25, 0.3) is 0 Å². The van der Waals surface area contributed by atoms with E-state index in [9.17, 15) is 4.79 Å². The van der Waals surface area contributed by atoms with Crippen LogP contribution in [0.3, 0.4) is 0 Å². The van der Waals surface area contributed by atoms with Gasteiger partial charge in [-0.1, -0.05) is 12.1 Å². The molecule has 0 saturated carbocycles. The molecular weight excluding hydrogens is 290 g/mol. The second-order valence-corrected chi connectivity index (χ2v) is 6.53. The summed E-state index contributed by atoms with van der Waals surface area (Å²) in [6, 6.07) is 10.1. The van der Waals surface area contributed by atoms with Crippen molar-refractivity contribution in [2.24, 2.45) is 5.92 Å². The summed E-state index contributed by atoms with van der Waals surface area (Å²) in [5, 5.41) is 4.27. The zero-order valence-corrected chi connectivity index (χ0v) is 13.3. The van der Waals surface area contributed by atoms with E-state index < -0.39 is 0 Å². The van der Waals surface area contributed by atoms with Gasteiger partial charge in [0.05, 0.1) is 13.1 Å². The molecule has 5 nitrogen and oxygen atoms in total. The number of aryl methyl sites for hydroxylation is 2. The molecule has 0 spiro atoms. The highest BCUT2D eigenvalue weighted by Crippen LogP contribution is 2.25. The first-order chi connectivity index (χ1) is 11.2. The molecule has 2 aliphatic heterocycles. The number of benzene rings is 1. The van der Waals surface area contributed by atoms with Crippen molar-refractivity contribution in [3.05, 3.63) is 47.8 Å². The van der Waals surface area contributed by atoms with E-state index in [0.717, 1.165) is 25.1 Å². The summed E-state index contributed by atoms with van der Waals surface area (Å²) in [7, 11) is 0. The van der Waals surface area contributed by atoms with Crippen molar-refractivity contribution < 1.29 is 9.53 Å². The molecule has 0 radical (unpaired) electrons. The lowest BCUT2D eigenvalue weighted by molar-refractivity contribution is -0.145. The molecule has 23 heavy (non-hydrogen) atoms. The second-order valence-electron chi connectivity index (χ2n) is 6.53. The number of carbonyl (C=O) groups is 1. The van der Waals surface area contributed by atoms with Gasteiger partial charge in [-0.15, -0.1) is 0 Å². The number of rotatable bonds is 3. The van der Waals surface area contributed by atoms with Gasteiger partial charge in [-0.2, -0.15) is 5.10 Å². The zero-order chi connectivity index (χ0) is 15.8. The van der Waals surface area contributed by atoms with E-state index in [1.807, 2.05) is 40.0 Å². The van der Waals surface area contributed by atoms with Gasteiger partial charge in [0, 0.05) is 30.8 Å². The van der Waals surface area contributed by atoms with Crippen LogP contribution in [0.15, 0.2) is 36.5 Å². The summed E-state index contributed by atoms with van der Waals surface area (Å²) in [6.07, 6.45) is 3.62. The van der Waals surface area contributed by atoms with Crippen molar-refractivity contribution >= 4 is 5.91 Å². The quantitative estimate of drug-likeness (QED) is 0.871. The summed E-state index contributed by atoms with van der Waals surface area (Å²) in [6.45, 7) is 4.29. The fourth-order valence-electron chi connectivity index (χ4n) is 3.41. The number of likely N-dealkylation sites (tertiary alicyclic amines) is 1. The smallest absolute Gasteiger partial charge is 0.226 e. The molecule has 3 heterocycles. The van der Waals surface area contributed by atoms with Crippen molar-refractivity contribution in [1.82, 2.24) is 14.7 Å². The maximum absolute atomic E-state index is 12.6. The first kappa shape index (κ1) is 14.3. The number of hydrogen-bond acceptors (Lipinski definition) is 3. The van der Waals surface area contributed by atoms with Gasteiger partial charge >= 0.3 is 0 Å². The predicted octanol–water partition coefficient (Wildman–Crippen LogP) is 2.04. The van der Waals surface area contributed by atoms with Crippen LogP contribution in [0.2, 0.25) is 0 Å². The van der Waals surface area contributed by atoms with Gasteiger partial charge in [0.15, 0.2) is 0 Å². The molecule has 2 aliphatic rings. The highest BCUT2D eigenvalue weighted by Gasteiger charge is 2.37. The SMILES string of the molecule is Cc1cccc(OC2CN(C(=O)C3CCn4nccc4C3)C2)c1. The van der Waals surface area contributed by atoms with E-state index in [4.69, 9.17) is 4.74 Å². The van der Waals surface area contributed by atoms with Crippen LogP contribution < -0.4 is 4.74 Å². The fraction of sp³-hybridized carbons (Fsp3) is 0.444. The van der Waals surface area contributed by atoms with Crippen LogP contribution >= 0.6 is 0 Å². The van der Waals surface area contributed by atoms with Crippen LogP contribution in [-0.4, -0.2) is 39.8 Å². The average Bonchev–Trinajstić information content (AvgIpc) is 2.97. The average molecular weight is 311 g/mol. The highest BCUT2D eigenvalue weighted by molar-refractivity contribution is 5.80. The number of fused-ring (bicyclic) bond motifs is 1. The third kappa shape index (κ3) is 2.83. The summed E-state index contributed by atoms with van der Waals surface area (Å²) >= 11 is 0. The maximum atomic E-state index is 12.6. The molecule has 1 unspecified atom stereocenters. The standard InChI is InChI=1S/C18H21N3O2/c1-13-3-2-4-16(9-13)23-17-11-20(12-17)18(22)14-6-8-21-15(10-14)5-7-19-21/h2-5,7,9,14,17H,6,8,10-12H2,1H3. The summed E-state index contributed by atoms with van der Waals surface area (Å²) in [5.74, 6) is 1.25. The first-order valence-corrected chi connectivity index (χ1v) is 8.22. The van der Waals surface area contributed by atoms with Crippen LogP contribution in [0, 0.1) is 12.8 Å². The number of ether oxygens (including phenoxy) is 1. The highest BCUT2D eigenvalue weighted by atomic mass is 16.5. The number of aromatic nitrogens is 2. The Bertz CT molecular complexity index is 719. The topological polar surface area (TPSA) is 47.4 Å². The molecule has 2 aromatic rings. The van der Waals surface area contributed by atoms with E-state index in [1.54, 1.807) is 0 Å². The minimum absolute atomic E-state index is 0.0964.